The van der Waals surface area contributed by atoms with Crippen LogP contribution in [0.2, 0.25) is 0 Å². The fourth-order valence-electron chi connectivity index (χ4n) is 4.69. The molecule has 1 aliphatic heterocycles. The van der Waals surface area contributed by atoms with Crippen LogP contribution in [0.25, 0.3) is 10.9 Å². The van der Waals surface area contributed by atoms with E-state index in [4.69, 9.17) is 0 Å². The van der Waals surface area contributed by atoms with E-state index in [1.165, 1.54) is 23.8 Å². The molecule has 1 atom stereocenters. The maximum atomic E-state index is 14.1. The summed E-state index contributed by atoms with van der Waals surface area (Å²) in [7, 11) is 0. The number of benzene rings is 1. The predicted octanol–water partition coefficient (Wildman–Crippen LogP) is 2.51. The van der Waals surface area contributed by atoms with E-state index in [0.29, 0.717) is 13.1 Å². The van der Waals surface area contributed by atoms with Gasteiger partial charge in [0.05, 0.1) is 11.7 Å². The van der Waals surface area contributed by atoms with Crippen molar-refractivity contribution in [3.05, 3.63) is 63.5 Å². The van der Waals surface area contributed by atoms with Crippen molar-refractivity contribution in [1.82, 2.24) is 20.1 Å². The molecule has 27 heavy (non-hydrogen) atoms. The van der Waals surface area contributed by atoms with Crippen LogP contribution in [-0.2, 0) is 11.8 Å². The number of piperidine rings is 1. The molecule has 2 aromatic heterocycles. The van der Waals surface area contributed by atoms with Gasteiger partial charge in [-0.15, -0.1) is 0 Å². The number of aryl methyl sites for hydroxylation is 1. The Labute approximate surface area is 154 Å². The zero-order valence-electron chi connectivity index (χ0n) is 14.7. The van der Waals surface area contributed by atoms with E-state index in [1.807, 2.05) is 6.20 Å². The van der Waals surface area contributed by atoms with E-state index in [9.17, 15) is 14.0 Å². The normalized spacial score (nSPS) is 21.7. The number of nitrogens with zero attached hydrogens (tertiary/aromatic N) is 2. The van der Waals surface area contributed by atoms with Crippen LogP contribution in [0.5, 0.6) is 0 Å². The number of carbonyl (C=O) groups is 1. The number of H-pyrrole nitrogens is 2. The van der Waals surface area contributed by atoms with Gasteiger partial charge in [-0.25, -0.2) is 4.39 Å². The van der Waals surface area contributed by atoms with Crippen LogP contribution in [0.15, 0.2) is 35.3 Å². The number of hydrogen-bond donors (Lipinski definition) is 2. The molecule has 0 radical (unpaired) electrons. The Morgan fingerprint density at radius 1 is 1.30 bits per heavy atom. The maximum absolute atomic E-state index is 14.1. The highest BCUT2D eigenvalue weighted by atomic mass is 19.1. The number of amides is 1. The first-order valence-electron chi connectivity index (χ1n) is 9.21. The SMILES string of the molecule is O=C(c1cc(=O)c2cccc(F)c2[nH]1)N1CCCC2(CCc3cn[nH]c32)C1. The molecular weight excluding hydrogens is 347 g/mol. The van der Waals surface area contributed by atoms with Gasteiger partial charge in [0.2, 0.25) is 0 Å². The van der Waals surface area contributed by atoms with Crippen LogP contribution < -0.4 is 5.43 Å². The topological polar surface area (TPSA) is 81.8 Å². The van der Waals surface area contributed by atoms with Crippen LogP contribution in [0.4, 0.5) is 4.39 Å². The molecule has 0 saturated carbocycles. The summed E-state index contributed by atoms with van der Waals surface area (Å²) < 4.78 is 14.1. The Hall–Kier alpha value is -2.96. The third-order valence-electron chi connectivity index (χ3n) is 6.03. The second kappa shape index (κ2) is 5.77. The first kappa shape index (κ1) is 16.2. The van der Waals surface area contributed by atoms with Crippen LogP contribution >= 0.6 is 0 Å². The minimum atomic E-state index is -0.535. The Bertz CT molecular complexity index is 1120. The van der Waals surface area contributed by atoms with Gasteiger partial charge in [-0.05, 0) is 43.4 Å². The van der Waals surface area contributed by atoms with E-state index >= 15 is 0 Å². The summed E-state index contributed by atoms with van der Waals surface area (Å²) in [6, 6.07) is 5.60. The summed E-state index contributed by atoms with van der Waals surface area (Å²) in [6.45, 7) is 1.21. The zero-order chi connectivity index (χ0) is 18.6. The van der Waals surface area contributed by atoms with Crippen molar-refractivity contribution >= 4 is 16.8 Å². The van der Waals surface area contributed by atoms with Gasteiger partial charge in [0, 0.05) is 35.7 Å². The lowest BCUT2D eigenvalue weighted by Crippen LogP contribution is -2.48. The molecule has 6 nitrogen and oxygen atoms in total. The zero-order valence-corrected chi connectivity index (χ0v) is 14.7. The number of halogens is 1. The van der Waals surface area contributed by atoms with Crippen molar-refractivity contribution in [2.75, 3.05) is 13.1 Å². The number of aromatic nitrogens is 3. The van der Waals surface area contributed by atoms with E-state index < -0.39 is 5.82 Å². The van der Waals surface area contributed by atoms with Crippen LogP contribution in [0.1, 0.15) is 41.0 Å². The lowest BCUT2D eigenvalue weighted by Gasteiger charge is -2.40. The molecule has 3 heterocycles. The van der Waals surface area contributed by atoms with E-state index in [-0.39, 0.29) is 33.3 Å². The highest BCUT2D eigenvalue weighted by Gasteiger charge is 2.44. The quantitative estimate of drug-likeness (QED) is 0.694. The van der Waals surface area contributed by atoms with Crippen molar-refractivity contribution in [2.45, 2.75) is 31.1 Å². The van der Waals surface area contributed by atoms with Gasteiger partial charge in [0.25, 0.3) is 5.91 Å². The molecule has 1 fully saturated rings. The summed E-state index contributed by atoms with van der Waals surface area (Å²) in [5.74, 6) is -0.795. The summed E-state index contributed by atoms with van der Waals surface area (Å²) >= 11 is 0. The molecule has 0 bridgehead atoms. The van der Waals surface area contributed by atoms with E-state index in [0.717, 1.165) is 31.4 Å². The average Bonchev–Trinajstić information content (AvgIpc) is 3.27. The summed E-state index contributed by atoms with van der Waals surface area (Å²) in [6.07, 6.45) is 5.72. The Morgan fingerprint density at radius 2 is 2.19 bits per heavy atom. The number of carbonyl (C=O) groups excluding carboxylic acids is 1. The largest absolute Gasteiger partial charge is 0.348 e. The van der Waals surface area contributed by atoms with Gasteiger partial charge in [0.1, 0.15) is 11.5 Å². The number of pyridine rings is 1. The van der Waals surface area contributed by atoms with Gasteiger partial charge in [-0.1, -0.05) is 6.07 Å². The lowest BCUT2D eigenvalue weighted by molar-refractivity contribution is 0.0627. The molecule has 2 N–H and O–H groups in total. The molecule has 7 heteroatoms. The molecule has 1 unspecified atom stereocenters. The van der Waals surface area contributed by atoms with Gasteiger partial charge in [0.15, 0.2) is 5.43 Å². The molecule has 5 rings (SSSR count). The minimum Gasteiger partial charge on any atom is -0.348 e. The molecule has 1 saturated heterocycles. The Kier molecular flexibility index (Phi) is 3.47. The molecule has 1 spiro atoms. The predicted molar refractivity (Wildman–Crippen MR) is 98.3 cm³/mol. The molecule has 1 amide bonds. The summed E-state index contributed by atoms with van der Waals surface area (Å²) in [5, 5.41) is 7.53. The fourth-order valence-corrected chi connectivity index (χ4v) is 4.69. The fraction of sp³-hybridized carbons (Fsp3) is 0.350. The van der Waals surface area contributed by atoms with Gasteiger partial charge < -0.3 is 9.88 Å². The lowest BCUT2D eigenvalue weighted by atomic mass is 9.77. The first-order chi connectivity index (χ1) is 13.1. The highest BCUT2D eigenvalue weighted by Crippen LogP contribution is 2.44. The highest BCUT2D eigenvalue weighted by molar-refractivity contribution is 5.95. The van der Waals surface area contributed by atoms with Crippen molar-refractivity contribution < 1.29 is 9.18 Å². The summed E-state index contributed by atoms with van der Waals surface area (Å²) in [5.41, 5.74) is 2.13. The number of para-hydroxylation sites is 1. The second-order valence-corrected chi connectivity index (χ2v) is 7.59. The number of aromatic amines is 2. The van der Waals surface area contributed by atoms with E-state index in [2.05, 4.69) is 15.2 Å². The third kappa shape index (κ3) is 2.41. The average molecular weight is 366 g/mol. The van der Waals surface area contributed by atoms with Crippen molar-refractivity contribution in [2.24, 2.45) is 0 Å². The Balaban J connectivity index is 1.51. The van der Waals surface area contributed by atoms with E-state index in [1.54, 1.807) is 11.0 Å². The Morgan fingerprint density at radius 3 is 3.07 bits per heavy atom. The summed E-state index contributed by atoms with van der Waals surface area (Å²) in [4.78, 5) is 30.1. The smallest absolute Gasteiger partial charge is 0.270 e. The van der Waals surface area contributed by atoms with Crippen LogP contribution in [0.3, 0.4) is 0 Å². The maximum Gasteiger partial charge on any atom is 0.270 e. The van der Waals surface area contributed by atoms with Crippen LogP contribution in [-0.4, -0.2) is 39.1 Å². The number of nitrogens with one attached hydrogen (secondary N) is 2. The van der Waals surface area contributed by atoms with Crippen LogP contribution in [0, 0.1) is 5.82 Å². The van der Waals surface area contributed by atoms with Gasteiger partial charge in [-0.3, -0.25) is 14.7 Å². The van der Waals surface area contributed by atoms with Gasteiger partial charge in [-0.2, -0.15) is 5.10 Å². The number of fused-ring (bicyclic) bond motifs is 3. The standard InChI is InChI=1S/C20H19FN4O2/c21-14-4-1-3-13-16(26)9-15(23-17(13)14)19(27)25-8-2-6-20(11-25)7-5-12-10-22-24-18(12)20/h1,3-4,9-10H,2,5-8,11H2,(H,22,24)(H,23,26). The van der Waals surface area contributed by atoms with Crippen molar-refractivity contribution in [3.8, 4) is 0 Å². The third-order valence-corrected chi connectivity index (χ3v) is 6.03. The number of likely N-dealkylation sites (tertiary alicyclic amines) is 1. The van der Waals surface area contributed by atoms with Gasteiger partial charge >= 0.3 is 0 Å². The first-order valence-corrected chi connectivity index (χ1v) is 9.21. The minimum absolute atomic E-state index is 0.0804. The molecule has 1 aliphatic carbocycles. The second-order valence-electron chi connectivity index (χ2n) is 7.59. The molecular formula is C20H19FN4O2. The molecule has 1 aromatic carbocycles. The molecule has 138 valence electrons. The molecule has 2 aliphatic rings. The number of rotatable bonds is 1. The number of hydrogen-bond acceptors (Lipinski definition) is 3. The molecule has 3 aromatic rings. The monoisotopic (exact) mass is 366 g/mol. The van der Waals surface area contributed by atoms with Crippen molar-refractivity contribution in [3.63, 3.8) is 0 Å². The van der Waals surface area contributed by atoms with Crippen molar-refractivity contribution in [1.29, 1.82) is 0 Å².